The molecule has 2 heterocycles. The lowest BCUT2D eigenvalue weighted by molar-refractivity contribution is -0.385. The predicted molar refractivity (Wildman–Crippen MR) is 114 cm³/mol. The van der Waals surface area contributed by atoms with Crippen molar-refractivity contribution in [2.75, 3.05) is 11.9 Å². The predicted octanol–water partition coefficient (Wildman–Crippen LogP) is 2.92. The molecule has 11 heteroatoms. The molecule has 0 aliphatic rings. The lowest BCUT2D eigenvalue weighted by Crippen LogP contribution is -2.23. The van der Waals surface area contributed by atoms with Gasteiger partial charge >= 0.3 is 0 Å². The maximum absolute atomic E-state index is 11.0. The van der Waals surface area contributed by atoms with Crippen molar-refractivity contribution in [2.45, 2.75) is 19.9 Å². The van der Waals surface area contributed by atoms with E-state index in [0.29, 0.717) is 47.4 Å². The number of benzene rings is 1. The average Bonchev–Trinajstić information content (AvgIpc) is 3.36. The number of rotatable bonds is 8. The second-order valence-electron chi connectivity index (χ2n) is 6.24. The zero-order chi connectivity index (χ0) is 21.5. The first-order valence-corrected chi connectivity index (χ1v) is 9.88. The number of nitrogens with one attached hydrogen (secondary N) is 2. The van der Waals surface area contributed by atoms with Crippen molar-refractivity contribution in [3.63, 3.8) is 0 Å². The number of furan rings is 1. The highest BCUT2D eigenvalue weighted by atomic mass is 32.1. The van der Waals surface area contributed by atoms with Crippen LogP contribution in [0.1, 0.15) is 18.2 Å². The number of guanidine groups is 1. The molecule has 1 aromatic carbocycles. The quantitative estimate of drug-likeness (QED) is 0.216. The van der Waals surface area contributed by atoms with E-state index >= 15 is 0 Å². The third kappa shape index (κ3) is 5.64. The van der Waals surface area contributed by atoms with Crippen molar-refractivity contribution in [3.8, 4) is 11.5 Å². The molecule has 1 amide bonds. The Morgan fingerprint density at radius 2 is 2.13 bits per heavy atom. The van der Waals surface area contributed by atoms with E-state index < -0.39 is 4.92 Å². The number of nitrogens with zero attached hydrogens (tertiary/aromatic N) is 3. The minimum Gasteiger partial charge on any atom is -0.458 e. The van der Waals surface area contributed by atoms with E-state index in [0.717, 1.165) is 0 Å². The monoisotopic (exact) mass is 428 g/mol. The van der Waals surface area contributed by atoms with Gasteiger partial charge in [-0.2, -0.15) is 0 Å². The number of hydrogen-bond acceptors (Lipinski definition) is 7. The van der Waals surface area contributed by atoms with Gasteiger partial charge in [0.1, 0.15) is 11.5 Å². The molecule has 0 radical (unpaired) electrons. The van der Waals surface area contributed by atoms with Gasteiger partial charge in [0.25, 0.3) is 5.69 Å². The molecule has 0 atom stereocenters. The number of aromatic nitrogens is 1. The number of carbonyl (C=O) groups is 1. The molecule has 0 fully saturated rings. The largest absolute Gasteiger partial charge is 0.458 e. The summed E-state index contributed by atoms with van der Waals surface area (Å²) in [6.07, 6.45) is 0.395. The van der Waals surface area contributed by atoms with Crippen LogP contribution >= 0.6 is 11.3 Å². The minimum atomic E-state index is -0.409. The molecule has 0 bridgehead atoms. The number of aliphatic imine (C=N–C) groups is 1. The van der Waals surface area contributed by atoms with Crippen LogP contribution in [0.4, 0.5) is 10.8 Å². The molecule has 30 heavy (non-hydrogen) atoms. The summed E-state index contributed by atoms with van der Waals surface area (Å²) in [4.78, 5) is 30.2. The average molecular weight is 428 g/mol. The normalized spacial score (nSPS) is 11.3. The third-order valence-corrected chi connectivity index (χ3v) is 4.77. The Morgan fingerprint density at radius 3 is 2.90 bits per heavy atom. The van der Waals surface area contributed by atoms with Gasteiger partial charge in [-0.25, -0.2) is 4.98 Å². The maximum atomic E-state index is 11.0. The number of nitro groups is 1. The van der Waals surface area contributed by atoms with E-state index in [1.165, 1.54) is 24.3 Å². The Hall–Kier alpha value is -3.73. The number of thiazole rings is 1. The van der Waals surface area contributed by atoms with E-state index in [4.69, 9.17) is 10.2 Å². The topological polar surface area (TPSA) is 149 Å². The fraction of sp³-hybridized carbons (Fsp3) is 0.211. The van der Waals surface area contributed by atoms with Gasteiger partial charge in [-0.1, -0.05) is 18.2 Å². The van der Waals surface area contributed by atoms with Crippen LogP contribution in [0, 0.1) is 10.1 Å². The molecular weight excluding hydrogens is 408 g/mol. The lowest BCUT2D eigenvalue weighted by atomic mass is 10.1. The summed E-state index contributed by atoms with van der Waals surface area (Å²) in [5, 5.41) is 19.0. The third-order valence-electron chi connectivity index (χ3n) is 4.02. The molecule has 0 unspecified atom stereocenters. The van der Waals surface area contributed by atoms with E-state index in [2.05, 4.69) is 20.6 Å². The van der Waals surface area contributed by atoms with Crippen LogP contribution in [-0.4, -0.2) is 28.3 Å². The van der Waals surface area contributed by atoms with E-state index in [-0.39, 0.29) is 17.6 Å². The van der Waals surface area contributed by atoms with Gasteiger partial charge < -0.3 is 20.8 Å². The summed E-state index contributed by atoms with van der Waals surface area (Å²) < 4.78 is 5.67. The van der Waals surface area contributed by atoms with Gasteiger partial charge in [0.05, 0.1) is 11.5 Å². The fourth-order valence-corrected chi connectivity index (χ4v) is 3.32. The number of nitro benzene ring substituents is 1. The lowest BCUT2D eigenvalue weighted by Gasteiger charge is -2.03. The Balaban J connectivity index is 1.56. The van der Waals surface area contributed by atoms with Gasteiger partial charge in [0.2, 0.25) is 5.91 Å². The first-order chi connectivity index (χ1) is 14.4. The van der Waals surface area contributed by atoms with Gasteiger partial charge in [0.15, 0.2) is 16.9 Å². The van der Waals surface area contributed by atoms with E-state index in [9.17, 15) is 14.9 Å². The molecule has 0 saturated carbocycles. The molecule has 156 valence electrons. The van der Waals surface area contributed by atoms with Crippen LogP contribution < -0.4 is 16.4 Å². The van der Waals surface area contributed by atoms with Crippen molar-refractivity contribution < 1.29 is 14.1 Å². The molecule has 3 rings (SSSR count). The van der Waals surface area contributed by atoms with Crippen molar-refractivity contribution >= 4 is 34.0 Å². The number of hydrogen-bond donors (Lipinski definition) is 3. The minimum absolute atomic E-state index is 0.0696. The molecule has 0 aliphatic carbocycles. The Kier molecular flexibility index (Phi) is 6.75. The van der Waals surface area contributed by atoms with Crippen LogP contribution in [-0.2, 0) is 17.8 Å². The molecular formula is C19H20N6O4S. The van der Waals surface area contributed by atoms with Crippen LogP contribution in [0.15, 0.2) is 51.2 Å². The van der Waals surface area contributed by atoms with E-state index in [1.54, 1.807) is 30.3 Å². The fourth-order valence-electron chi connectivity index (χ4n) is 2.61. The van der Waals surface area contributed by atoms with Crippen LogP contribution in [0.3, 0.4) is 0 Å². The number of nitrogens with two attached hydrogens (primary N) is 1. The molecule has 0 spiro atoms. The number of para-hydroxylation sites is 1. The second-order valence-corrected chi connectivity index (χ2v) is 7.10. The van der Waals surface area contributed by atoms with Crippen molar-refractivity contribution in [3.05, 3.63) is 63.2 Å². The van der Waals surface area contributed by atoms with E-state index in [1.807, 2.05) is 5.38 Å². The van der Waals surface area contributed by atoms with Crippen molar-refractivity contribution in [1.82, 2.24) is 10.3 Å². The first-order valence-electron chi connectivity index (χ1n) is 9.00. The second kappa shape index (κ2) is 9.65. The summed E-state index contributed by atoms with van der Waals surface area (Å²) >= 11 is 1.33. The highest BCUT2D eigenvalue weighted by Gasteiger charge is 2.12. The van der Waals surface area contributed by atoms with Crippen molar-refractivity contribution in [2.24, 2.45) is 10.7 Å². The van der Waals surface area contributed by atoms with Gasteiger partial charge in [-0.15, -0.1) is 11.3 Å². The Labute approximate surface area is 176 Å². The van der Waals surface area contributed by atoms with Crippen molar-refractivity contribution in [1.29, 1.82) is 0 Å². The summed E-state index contributed by atoms with van der Waals surface area (Å²) in [5.41, 5.74) is 7.19. The van der Waals surface area contributed by atoms with Crippen LogP contribution in [0.5, 0.6) is 0 Å². The Morgan fingerprint density at radius 1 is 1.33 bits per heavy atom. The summed E-state index contributed by atoms with van der Waals surface area (Å²) in [7, 11) is 0. The summed E-state index contributed by atoms with van der Waals surface area (Å²) in [6.45, 7) is 2.05. The highest BCUT2D eigenvalue weighted by molar-refractivity contribution is 7.14. The van der Waals surface area contributed by atoms with Gasteiger partial charge in [-0.05, 0) is 18.6 Å². The smallest absolute Gasteiger partial charge is 0.272 e. The van der Waals surface area contributed by atoms with Gasteiger partial charge in [0, 0.05) is 30.5 Å². The van der Waals surface area contributed by atoms with Gasteiger partial charge in [-0.3, -0.25) is 19.9 Å². The molecule has 0 aliphatic heterocycles. The maximum Gasteiger partial charge on any atom is 0.272 e. The summed E-state index contributed by atoms with van der Waals surface area (Å²) in [5.74, 6) is 1.23. The molecule has 3 aromatic rings. The number of amides is 1. The highest BCUT2D eigenvalue weighted by Crippen LogP contribution is 2.26. The zero-order valence-corrected chi connectivity index (χ0v) is 16.9. The molecule has 10 nitrogen and oxygen atoms in total. The standard InChI is InChI=1S/C19H20N6O4S/c1-12(26)22-10-14-6-7-17(29-14)15-11-30-19(23-15)24-18(20)21-9-8-13-4-2-3-5-16(13)25(27)28/h2-7,11H,8-10H2,1H3,(H,22,26)(H3,20,21,23,24). The zero-order valence-electron chi connectivity index (χ0n) is 16.1. The first kappa shape index (κ1) is 21.0. The molecule has 2 aromatic heterocycles. The SMILES string of the molecule is CC(=O)NCc1ccc(-c2csc(NC(N)=NCCc3ccccc3[N+](=O)[O-])n2)o1. The molecule has 4 N–H and O–H groups in total. The van der Waals surface area contributed by atoms with Crippen LogP contribution in [0.25, 0.3) is 11.5 Å². The summed E-state index contributed by atoms with van der Waals surface area (Å²) in [6, 6.07) is 10.1. The Bertz CT molecular complexity index is 1070. The number of anilines is 1. The molecule has 0 saturated heterocycles. The number of carbonyl (C=O) groups excluding carboxylic acids is 1. The van der Waals surface area contributed by atoms with Crippen LogP contribution in [0.2, 0.25) is 0 Å².